The van der Waals surface area contributed by atoms with Gasteiger partial charge in [-0.15, -0.1) is 11.3 Å². The average Bonchev–Trinajstić information content (AvgIpc) is 3.10. The second-order valence-corrected chi connectivity index (χ2v) is 9.30. The number of amides is 1. The quantitative estimate of drug-likeness (QED) is 0.623. The maximum atomic E-state index is 12.8. The molecule has 152 valence electrons. The van der Waals surface area contributed by atoms with E-state index in [1.807, 2.05) is 23.1 Å². The number of carbonyl (C=O) groups is 1. The van der Waals surface area contributed by atoms with E-state index in [-0.39, 0.29) is 5.91 Å². The van der Waals surface area contributed by atoms with E-state index in [1.54, 1.807) is 16.2 Å². The number of aryl methyl sites for hydroxylation is 1. The van der Waals surface area contributed by atoms with Gasteiger partial charge in [0.25, 0.3) is 5.91 Å². The highest BCUT2D eigenvalue weighted by atomic mass is 32.1. The van der Waals surface area contributed by atoms with Crippen molar-refractivity contribution in [2.45, 2.75) is 20.0 Å². The molecular weight excluding hydrogens is 380 g/mol. The molecule has 1 saturated heterocycles. The summed E-state index contributed by atoms with van der Waals surface area (Å²) < 4.78 is 1.22. The van der Waals surface area contributed by atoms with Gasteiger partial charge in [-0.1, -0.05) is 42.0 Å². The fourth-order valence-corrected chi connectivity index (χ4v) is 5.13. The molecule has 6 heteroatoms. The number of piperazine rings is 1. The second-order valence-electron chi connectivity index (χ2n) is 8.18. The monoisotopic (exact) mass is 410 g/mol. The zero-order valence-electron chi connectivity index (χ0n) is 17.3. The van der Waals surface area contributed by atoms with Crippen LogP contribution in [0.15, 0.2) is 48.5 Å². The number of nitrogens with one attached hydrogen (secondary N) is 2. The Labute approximate surface area is 176 Å². The summed E-state index contributed by atoms with van der Waals surface area (Å²) in [5.74, 6) is 0.262. The summed E-state index contributed by atoms with van der Waals surface area (Å²) in [5, 5.41) is 1.10. The van der Waals surface area contributed by atoms with Crippen LogP contribution in [-0.2, 0) is 17.9 Å². The minimum Gasteiger partial charge on any atom is -0.328 e. The molecule has 3 aromatic rings. The van der Waals surface area contributed by atoms with E-state index in [9.17, 15) is 4.79 Å². The van der Waals surface area contributed by atoms with Gasteiger partial charge < -0.3 is 14.7 Å². The highest BCUT2D eigenvalue weighted by molar-refractivity contribution is 7.18. The molecule has 5 nitrogen and oxygen atoms in total. The van der Waals surface area contributed by atoms with E-state index < -0.39 is 0 Å². The third kappa shape index (κ3) is 5.21. The molecule has 29 heavy (non-hydrogen) atoms. The number of aromatic nitrogens is 1. The van der Waals surface area contributed by atoms with Crippen LogP contribution in [0, 0.1) is 6.92 Å². The summed E-state index contributed by atoms with van der Waals surface area (Å²) in [7, 11) is 2.09. The van der Waals surface area contributed by atoms with Crippen molar-refractivity contribution in [2.24, 2.45) is 0 Å². The Morgan fingerprint density at radius 2 is 1.97 bits per heavy atom. The molecule has 1 aliphatic heterocycles. The third-order valence-electron chi connectivity index (χ3n) is 5.60. The van der Waals surface area contributed by atoms with Crippen LogP contribution in [0.2, 0.25) is 0 Å². The van der Waals surface area contributed by atoms with E-state index in [2.05, 4.69) is 44.3 Å². The molecule has 0 radical (unpaired) electrons. The van der Waals surface area contributed by atoms with Crippen molar-refractivity contribution in [3.05, 3.63) is 64.7 Å². The lowest BCUT2D eigenvalue weighted by Crippen LogP contribution is -3.14. The first-order chi connectivity index (χ1) is 14.1. The Kier molecular flexibility index (Phi) is 6.23. The zero-order valence-corrected chi connectivity index (χ0v) is 18.1. The van der Waals surface area contributed by atoms with Crippen LogP contribution in [0.25, 0.3) is 10.2 Å². The van der Waals surface area contributed by atoms with Gasteiger partial charge in [-0.2, -0.15) is 0 Å². The highest BCUT2D eigenvalue weighted by Gasteiger charge is 2.26. The number of hydrogen-bond donors (Lipinski definition) is 2. The molecule has 4 rings (SSSR count). The van der Waals surface area contributed by atoms with Gasteiger partial charge in [0.1, 0.15) is 18.1 Å². The van der Waals surface area contributed by atoms with Crippen molar-refractivity contribution >= 4 is 27.5 Å². The fraction of sp³-hybridized carbons (Fsp3) is 0.391. The molecule has 1 fully saturated rings. The summed E-state index contributed by atoms with van der Waals surface area (Å²) >= 11 is 1.73. The molecule has 1 unspecified atom stereocenters. The maximum absolute atomic E-state index is 12.8. The number of carbonyl (C=O) groups excluding carboxylic acids is 1. The molecule has 0 aliphatic carbocycles. The second kappa shape index (κ2) is 9.03. The van der Waals surface area contributed by atoms with Gasteiger partial charge in [-0.05, 0) is 19.1 Å². The van der Waals surface area contributed by atoms with Gasteiger partial charge in [0.2, 0.25) is 0 Å². The normalized spacial score (nSPS) is 16.3. The number of thiazole rings is 1. The number of rotatable bonds is 6. The molecule has 1 amide bonds. The third-order valence-corrected chi connectivity index (χ3v) is 6.64. The highest BCUT2D eigenvalue weighted by Crippen LogP contribution is 2.20. The SMILES string of the molecule is Cc1cccc(C[NH+]2CCN(C(=O)C[NH+](C)Cc3nc4ccccc4s3)CC2)c1. The summed E-state index contributed by atoms with van der Waals surface area (Å²) in [4.78, 5) is 22.3. The van der Waals surface area contributed by atoms with Crippen molar-refractivity contribution in [2.75, 3.05) is 39.8 Å². The summed E-state index contributed by atoms with van der Waals surface area (Å²) in [5.41, 5.74) is 3.76. The van der Waals surface area contributed by atoms with Gasteiger partial charge in [0.05, 0.1) is 43.4 Å². The van der Waals surface area contributed by atoms with Crippen LogP contribution in [0.1, 0.15) is 16.1 Å². The average molecular weight is 411 g/mol. The minimum absolute atomic E-state index is 0.262. The number of para-hydroxylation sites is 1. The Morgan fingerprint density at radius 1 is 1.17 bits per heavy atom. The van der Waals surface area contributed by atoms with Gasteiger partial charge in [0.15, 0.2) is 6.54 Å². The van der Waals surface area contributed by atoms with Crippen LogP contribution in [0.5, 0.6) is 0 Å². The lowest BCUT2D eigenvalue weighted by molar-refractivity contribution is -0.918. The van der Waals surface area contributed by atoms with Gasteiger partial charge in [-0.3, -0.25) is 4.79 Å². The largest absolute Gasteiger partial charge is 0.328 e. The Bertz CT molecular complexity index is 945. The van der Waals surface area contributed by atoms with Crippen molar-refractivity contribution in [3.63, 3.8) is 0 Å². The van der Waals surface area contributed by atoms with Crippen molar-refractivity contribution in [3.8, 4) is 0 Å². The molecule has 1 aliphatic rings. The number of benzene rings is 2. The van der Waals surface area contributed by atoms with Crippen LogP contribution < -0.4 is 9.80 Å². The molecule has 1 aromatic heterocycles. The Balaban J connectivity index is 1.24. The molecule has 2 heterocycles. The molecule has 0 spiro atoms. The Hall–Kier alpha value is -2.28. The first kappa shape index (κ1) is 20.0. The van der Waals surface area contributed by atoms with Crippen LogP contribution in [0.4, 0.5) is 0 Å². The number of likely N-dealkylation sites (N-methyl/N-ethyl adjacent to an activating group) is 1. The van der Waals surface area contributed by atoms with Crippen molar-refractivity contribution in [1.29, 1.82) is 0 Å². The van der Waals surface area contributed by atoms with Crippen LogP contribution in [0.3, 0.4) is 0 Å². The topological polar surface area (TPSA) is 42.1 Å². The first-order valence-corrected chi connectivity index (χ1v) is 11.2. The van der Waals surface area contributed by atoms with Crippen molar-refractivity contribution < 1.29 is 14.6 Å². The molecule has 2 N–H and O–H groups in total. The fourth-order valence-electron chi connectivity index (χ4n) is 4.05. The predicted molar refractivity (Wildman–Crippen MR) is 117 cm³/mol. The van der Waals surface area contributed by atoms with E-state index in [0.29, 0.717) is 6.54 Å². The maximum Gasteiger partial charge on any atom is 0.278 e. The molecule has 1 atom stereocenters. The number of fused-ring (bicyclic) bond motifs is 1. The first-order valence-electron chi connectivity index (χ1n) is 10.4. The van der Waals surface area contributed by atoms with Gasteiger partial charge in [-0.25, -0.2) is 4.98 Å². The van der Waals surface area contributed by atoms with Crippen LogP contribution >= 0.6 is 11.3 Å². The van der Waals surface area contributed by atoms with E-state index >= 15 is 0 Å². The number of quaternary nitrogens is 2. The number of nitrogens with zero attached hydrogens (tertiary/aromatic N) is 2. The summed E-state index contributed by atoms with van der Waals surface area (Å²) in [6.07, 6.45) is 0. The van der Waals surface area contributed by atoms with E-state index in [1.165, 1.54) is 20.7 Å². The zero-order chi connectivity index (χ0) is 20.2. The summed E-state index contributed by atoms with van der Waals surface area (Å²) in [6.45, 7) is 8.28. The number of hydrogen-bond acceptors (Lipinski definition) is 3. The van der Waals surface area contributed by atoms with Gasteiger partial charge in [0, 0.05) is 5.56 Å². The predicted octanol–water partition coefficient (Wildman–Crippen LogP) is 0.547. The lowest BCUT2D eigenvalue weighted by atomic mass is 10.1. The standard InChI is InChI=1S/C23H28N4OS/c1-18-6-5-7-19(14-18)15-26-10-12-27(13-11-26)23(28)17-25(2)16-22-24-20-8-3-4-9-21(20)29-22/h3-9,14H,10-13,15-17H2,1-2H3/p+2. The molecule has 0 bridgehead atoms. The van der Waals surface area contributed by atoms with Gasteiger partial charge >= 0.3 is 0 Å². The van der Waals surface area contributed by atoms with Crippen LogP contribution in [-0.4, -0.2) is 55.6 Å². The van der Waals surface area contributed by atoms with E-state index in [0.717, 1.165) is 49.8 Å². The van der Waals surface area contributed by atoms with Crippen molar-refractivity contribution in [1.82, 2.24) is 9.88 Å². The molecular formula is C23H30N4OS+2. The van der Waals surface area contributed by atoms with E-state index in [4.69, 9.17) is 4.98 Å². The smallest absolute Gasteiger partial charge is 0.278 e. The Morgan fingerprint density at radius 3 is 2.72 bits per heavy atom. The molecule has 2 aromatic carbocycles. The lowest BCUT2D eigenvalue weighted by Gasteiger charge is -2.32. The summed E-state index contributed by atoms with van der Waals surface area (Å²) in [6, 6.07) is 17.0. The molecule has 0 saturated carbocycles. The minimum atomic E-state index is 0.262.